The predicted molar refractivity (Wildman–Crippen MR) is 136 cm³/mol. The molecule has 3 aliphatic rings. The molecule has 1 heterocycles. The van der Waals surface area contributed by atoms with Gasteiger partial charge in [0.15, 0.2) is 9.84 Å². The Morgan fingerprint density at radius 2 is 1.43 bits per heavy atom. The second kappa shape index (κ2) is 10.1. The van der Waals surface area contributed by atoms with Gasteiger partial charge in [-0.3, -0.25) is 0 Å². The van der Waals surface area contributed by atoms with E-state index in [0.717, 1.165) is 30.3 Å². The van der Waals surface area contributed by atoms with Crippen molar-refractivity contribution >= 4 is 19.7 Å². The summed E-state index contributed by atoms with van der Waals surface area (Å²) in [5, 5.41) is 3.37. The fourth-order valence-electron chi connectivity index (χ4n) is 6.94. The van der Waals surface area contributed by atoms with E-state index < -0.39 is 65.8 Å². The number of halogens is 8. The van der Waals surface area contributed by atoms with Crippen LogP contribution in [0.1, 0.15) is 48.8 Å². The average molecular weight is 646 g/mol. The van der Waals surface area contributed by atoms with Crippen LogP contribution in [0.25, 0.3) is 0 Å². The summed E-state index contributed by atoms with van der Waals surface area (Å²) in [5.41, 5.74) is -7.52. The summed E-state index contributed by atoms with van der Waals surface area (Å²) in [5.74, 6) is -1.51. The number of benzene rings is 2. The molecule has 2 fully saturated rings. The topological polar surface area (TPSA) is 80.3 Å². The zero-order valence-electron chi connectivity index (χ0n) is 21.9. The normalized spacial score (nSPS) is 27.0. The lowest BCUT2D eigenvalue weighted by molar-refractivity contribution is -0.348. The van der Waals surface area contributed by atoms with Crippen LogP contribution in [0.2, 0.25) is 0 Å². The fourth-order valence-corrected chi connectivity index (χ4v) is 10.9. The molecule has 0 spiro atoms. The highest BCUT2D eigenvalue weighted by Crippen LogP contribution is 2.59. The molecule has 2 aromatic carbocycles. The van der Waals surface area contributed by atoms with Gasteiger partial charge in [-0.25, -0.2) is 25.6 Å². The minimum atomic E-state index is -6.33. The van der Waals surface area contributed by atoms with Crippen molar-refractivity contribution in [1.82, 2.24) is 5.32 Å². The molecule has 15 heteroatoms. The van der Waals surface area contributed by atoms with Gasteiger partial charge in [-0.1, -0.05) is 18.2 Å². The van der Waals surface area contributed by atoms with Crippen molar-refractivity contribution in [3.05, 3.63) is 65.0 Å². The molecule has 1 saturated heterocycles. The molecule has 2 aromatic rings. The van der Waals surface area contributed by atoms with Gasteiger partial charge in [0, 0.05) is 17.6 Å². The van der Waals surface area contributed by atoms with Crippen molar-refractivity contribution in [2.45, 2.75) is 78.3 Å². The van der Waals surface area contributed by atoms with Crippen LogP contribution in [0.3, 0.4) is 0 Å². The first-order valence-corrected chi connectivity index (χ1v) is 16.6. The van der Waals surface area contributed by atoms with E-state index in [9.17, 15) is 52.0 Å². The van der Waals surface area contributed by atoms with Crippen LogP contribution in [-0.4, -0.2) is 52.8 Å². The summed E-state index contributed by atoms with van der Waals surface area (Å²) in [6, 6.07) is 4.90. The SMILES string of the molecule is O=S1(=O)CCC(N[C@@H]2CC[C@@]3(S(=O)(=O)c4ccc(F)cc4)c4ccc(C(F)(C(F)(F)F)C(F)(F)F)cc4CC[C@@H]23)CC1. The van der Waals surface area contributed by atoms with Crippen LogP contribution in [0.15, 0.2) is 47.4 Å². The first-order chi connectivity index (χ1) is 19.3. The molecular formula is C27H27F8NO4S2. The summed E-state index contributed by atoms with van der Waals surface area (Å²) in [6.45, 7) is 0. The second-order valence-electron chi connectivity index (χ2n) is 11.3. The number of rotatable bonds is 5. The average Bonchev–Trinajstić information content (AvgIpc) is 3.28. The number of hydrogen-bond donors (Lipinski definition) is 1. The Morgan fingerprint density at radius 1 is 0.833 bits per heavy atom. The first-order valence-electron chi connectivity index (χ1n) is 13.3. The van der Waals surface area contributed by atoms with Gasteiger partial charge in [0.25, 0.3) is 0 Å². The lowest BCUT2D eigenvalue weighted by Crippen LogP contribution is -2.52. The third kappa shape index (κ3) is 4.83. The van der Waals surface area contributed by atoms with Crippen molar-refractivity contribution in [2.75, 3.05) is 11.5 Å². The van der Waals surface area contributed by atoms with E-state index in [2.05, 4.69) is 5.32 Å². The Hall–Kier alpha value is -2.26. The molecule has 2 aliphatic carbocycles. The van der Waals surface area contributed by atoms with Crippen molar-refractivity contribution in [3.63, 3.8) is 0 Å². The maximum Gasteiger partial charge on any atom is 0.435 e. The van der Waals surface area contributed by atoms with Crippen molar-refractivity contribution in [3.8, 4) is 0 Å². The van der Waals surface area contributed by atoms with Crippen LogP contribution in [0.5, 0.6) is 0 Å². The van der Waals surface area contributed by atoms with E-state index in [1.165, 1.54) is 0 Å². The summed E-state index contributed by atoms with van der Waals surface area (Å²) < 4.78 is 160. The van der Waals surface area contributed by atoms with E-state index in [1.54, 1.807) is 0 Å². The highest BCUT2D eigenvalue weighted by molar-refractivity contribution is 7.92. The molecule has 0 unspecified atom stereocenters. The number of nitrogens with one attached hydrogen (secondary N) is 1. The van der Waals surface area contributed by atoms with Crippen LogP contribution < -0.4 is 5.32 Å². The molecule has 0 bridgehead atoms. The van der Waals surface area contributed by atoms with Crippen molar-refractivity contribution in [1.29, 1.82) is 0 Å². The predicted octanol–water partition coefficient (Wildman–Crippen LogP) is 5.68. The van der Waals surface area contributed by atoms with Crippen molar-refractivity contribution < 1.29 is 52.0 Å². The Bertz CT molecular complexity index is 1540. The molecule has 5 rings (SSSR count). The van der Waals surface area contributed by atoms with Gasteiger partial charge in [0.1, 0.15) is 20.4 Å². The lowest BCUT2D eigenvalue weighted by Gasteiger charge is -2.43. The van der Waals surface area contributed by atoms with Crippen LogP contribution in [0.4, 0.5) is 35.1 Å². The van der Waals surface area contributed by atoms with Crippen molar-refractivity contribution in [2.24, 2.45) is 5.92 Å². The molecule has 1 N–H and O–H groups in total. The summed E-state index contributed by atoms with van der Waals surface area (Å²) >= 11 is 0. The quantitative estimate of drug-likeness (QED) is 0.335. The van der Waals surface area contributed by atoms with Gasteiger partial charge in [-0.2, -0.15) is 26.3 Å². The maximum absolute atomic E-state index is 14.9. The van der Waals surface area contributed by atoms with E-state index in [-0.39, 0.29) is 59.3 Å². The number of sulfone groups is 2. The molecule has 232 valence electrons. The van der Waals surface area contributed by atoms with Gasteiger partial charge in [-0.15, -0.1) is 0 Å². The highest BCUT2D eigenvalue weighted by atomic mass is 32.2. The second-order valence-corrected chi connectivity index (χ2v) is 15.8. The largest absolute Gasteiger partial charge is 0.435 e. The molecule has 5 nitrogen and oxygen atoms in total. The first kappa shape index (κ1) is 31.2. The van der Waals surface area contributed by atoms with Crippen LogP contribution in [0, 0.1) is 11.7 Å². The number of aryl methyl sites for hydroxylation is 1. The fraction of sp³-hybridized carbons (Fsp3) is 0.556. The standard InChI is InChI=1S/C27H27F8NO4S2/c28-18-3-5-20(6-4-18)42(39,40)24-12-9-23(36-19-10-13-41(37,38)14-11-19)22(24)7-1-16-15-17(2-8-21(16)24)25(29,26(30,31)32)27(33,34)35/h2-6,8,15,19,22-23,36H,1,7,9-14H2/t22-,23+,24+/m0/s1. The maximum atomic E-state index is 14.9. The summed E-state index contributed by atoms with van der Waals surface area (Å²) in [4.78, 5) is -0.277. The third-order valence-electron chi connectivity index (χ3n) is 8.98. The molecule has 1 saturated carbocycles. The van der Waals surface area contributed by atoms with Gasteiger partial charge in [0.05, 0.1) is 16.4 Å². The van der Waals surface area contributed by atoms with Crippen LogP contribution in [-0.2, 0) is 36.5 Å². The lowest BCUT2D eigenvalue weighted by atomic mass is 9.73. The Morgan fingerprint density at radius 3 is 2.00 bits per heavy atom. The van der Waals surface area contributed by atoms with Gasteiger partial charge >= 0.3 is 18.0 Å². The summed E-state index contributed by atoms with van der Waals surface area (Å²) in [7, 11) is -7.61. The molecule has 1 aliphatic heterocycles. The van der Waals surface area contributed by atoms with E-state index in [4.69, 9.17) is 0 Å². The number of fused-ring (bicyclic) bond motifs is 3. The Balaban J connectivity index is 1.62. The monoisotopic (exact) mass is 645 g/mol. The molecular weight excluding hydrogens is 618 g/mol. The number of alkyl halides is 7. The molecule has 42 heavy (non-hydrogen) atoms. The van der Waals surface area contributed by atoms with Gasteiger partial charge < -0.3 is 5.32 Å². The smallest absolute Gasteiger partial charge is 0.311 e. The minimum absolute atomic E-state index is 0.0194. The minimum Gasteiger partial charge on any atom is -0.311 e. The van der Waals surface area contributed by atoms with E-state index in [0.29, 0.717) is 25.0 Å². The molecule has 0 radical (unpaired) electrons. The van der Waals surface area contributed by atoms with Gasteiger partial charge in [-0.05, 0) is 79.8 Å². The molecule has 0 aromatic heterocycles. The Labute approximate surface area is 237 Å². The number of hydrogen-bond acceptors (Lipinski definition) is 5. The third-order valence-corrected chi connectivity index (χ3v) is 13.3. The van der Waals surface area contributed by atoms with E-state index >= 15 is 0 Å². The summed E-state index contributed by atoms with van der Waals surface area (Å²) in [6.07, 6.45) is -11.9. The van der Waals surface area contributed by atoms with E-state index in [1.807, 2.05) is 0 Å². The zero-order chi connectivity index (χ0) is 30.9. The van der Waals surface area contributed by atoms with Gasteiger partial charge in [0.2, 0.25) is 0 Å². The Kier molecular flexibility index (Phi) is 7.53. The molecule has 3 atom stereocenters. The van der Waals surface area contributed by atoms with Crippen LogP contribution >= 0.6 is 0 Å². The zero-order valence-corrected chi connectivity index (χ0v) is 23.5. The highest BCUT2D eigenvalue weighted by Gasteiger charge is 2.73. The molecule has 0 amide bonds.